The number of amides is 1. The molecule has 0 saturated carbocycles. The zero-order valence-corrected chi connectivity index (χ0v) is 21.0. The number of rotatable bonds is 5. The van der Waals surface area contributed by atoms with Gasteiger partial charge in [-0.15, -0.1) is 0 Å². The molecule has 0 aromatic carbocycles. The van der Waals surface area contributed by atoms with Gasteiger partial charge in [-0.05, 0) is 46.1 Å². The lowest BCUT2D eigenvalue weighted by atomic mass is 9.90. The van der Waals surface area contributed by atoms with Crippen LogP contribution >= 0.6 is 0 Å². The van der Waals surface area contributed by atoms with E-state index < -0.39 is 5.54 Å². The first-order chi connectivity index (χ1) is 16.8. The van der Waals surface area contributed by atoms with Crippen LogP contribution in [0.15, 0.2) is 30.4 Å². The summed E-state index contributed by atoms with van der Waals surface area (Å²) >= 11 is 0. The highest BCUT2D eigenvalue weighted by Gasteiger charge is 2.44. The van der Waals surface area contributed by atoms with E-state index in [2.05, 4.69) is 46.6 Å². The van der Waals surface area contributed by atoms with Gasteiger partial charge in [-0.3, -0.25) is 24.1 Å². The van der Waals surface area contributed by atoms with Crippen LogP contribution in [0.4, 0.5) is 0 Å². The van der Waals surface area contributed by atoms with Gasteiger partial charge in [0.15, 0.2) is 0 Å². The lowest BCUT2D eigenvalue weighted by Crippen LogP contribution is -2.66. The van der Waals surface area contributed by atoms with Gasteiger partial charge < -0.3 is 9.64 Å². The first-order valence-electron chi connectivity index (χ1n) is 12.6. The van der Waals surface area contributed by atoms with E-state index in [4.69, 9.17) is 4.74 Å². The summed E-state index contributed by atoms with van der Waals surface area (Å²) in [6.07, 6.45) is 8.26. The smallest absolute Gasteiger partial charge is 0.266 e. The number of carbonyl (C=O) groups is 1. The average molecular weight is 478 g/mol. The molecule has 2 aromatic heterocycles. The van der Waals surface area contributed by atoms with Crippen molar-refractivity contribution in [2.45, 2.75) is 51.1 Å². The molecule has 186 valence electrons. The highest BCUT2D eigenvalue weighted by atomic mass is 16.5. The maximum Gasteiger partial charge on any atom is 0.266 e. The number of nitrogens with zero attached hydrogens (tertiary/aromatic N) is 7. The molecule has 5 rings (SSSR count). The third-order valence-corrected chi connectivity index (χ3v) is 8.04. The second-order valence-electron chi connectivity index (χ2n) is 10.7. The quantitative estimate of drug-likeness (QED) is 0.482. The summed E-state index contributed by atoms with van der Waals surface area (Å²) < 4.78 is 7.42. The largest absolute Gasteiger partial charge is 0.377 e. The molecule has 3 aliphatic heterocycles. The Morgan fingerprint density at radius 2 is 1.83 bits per heavy atom. The molecule has 0 spiro atoms. The lowest BCUT2D eigenvalue weighted by Gasteiger charge is -2.53. The summed E-state index contributed by atoms with van der Waals surface area (Å²) in [6, 6.07) is 4.22. The number of piperidine rings is 1. The van der Waals surface area contributed by atoms with E-state index in [1.165, 1.54) is 0 Å². The third kappa shape index (κ3) is 4.24. The molecule has 0 radical (unpaired) electrons. The molecule has 0 bridgehead atoms. The molecule has 3 saturated heterocycles. The normalized spacial score (nSPS) is 22.4. The standard InChI is InChI=1S/C26H35N7O2/c1-25(2,31-11-13-32(14-12-31)26(3)17-35-18-26)23(33-19-29-21-16-28-8-7-22(21)33)20(15-27)24(34)30-9-5-4-6-10-30/h7-8,16,19H,4-6,9-14,17-18H2,1-3H3. The molecule has 0 aliphatic carbocycles. The van der Waals surface area contributed by atoms with Crippen LogP contribution in [0.25, 0.3) is 16.7 Å². The molecule has 1 amide bonds. The molecule has 0 atom stereocenters. The number of nitriles is 1. The first kappa shape index (κ1) is 23.9. The Labute approximate surface area is 207 Å². The van der Waals surface area contributed by atoms with Gasteiger partial charge in [-0.1, -0.05) is 0 Å². The van der Waals surface area contributed by atoms with Crippen LogP contribution in [-0.2, 0) is 9.53 Å². The van der Waals surface area contributed by atoms with Crippen molar-refractivity contribution in [2.24, 2.45) is 0 Å². The van der Waals surface area contributed by atoms with Crippen molar-refractivity contribution >= 4 is 22.6 Å². The summed E-state index contributed by atoms with van der Waals surface area (Å²) in [5.74, 6) is -0.177. The fourth-order valence-electron chi connectivity index (χ4n) is 5.76. The van der Waals surface area contributed by atoms with Crippen LogP contribution in [0.1, 0.15) is 40.0 Å². The summed E-state index contributed by atoms with van der Waals surface area (Å²) in [5.41, 5.74) is 2.03. The maximum atomic E-state index is 13.7. The number of aromatic nitrogens is 3. The summed E-state index contributed by atoms with van der Waals surface area (Å²) in [5, 5.41) is 10.4. The Bertz CT molecular complexity index is 1160. The van der Waals surface area contributed by atoms with E-state index in [1.807, 2.05) is 15.5 Å². The predicted molar refractivity (Wildman–Crippen MR) is 133 cm³/mol. The summed E-state index contributed by atoms with van der Waals surface area (Å²) in [6.45, 7) is 13.0. The Balaban J connectivity index is 1.55. The number of pyridine rings is 1. The molecule has 5 heterocycles. The van der Waals surface area contributed by atoms with E-state index in [0.29, 0.717) is 18.8 Å². The zero-order chi connectivity index (χ0) is 24.6. The number of hydrogen-bond acceptors (Lipinski definition) is 7. The minimum Gasteiger partial charge on any atom is -0.377 e. The SMILES string of the molecule is CC1(N2CCN(C(C)(C)C(=C(C#N)C(=O)N3CCCCC3)n3cnc4cnccc43)CC2)COC1. The molecule has 3 aliphatic rings. The molecule has 9 heteroatoms. The van der Waals surface area contributed by atoms with Crippen LogP contribution < -0.4 is 0 Å². The van der Waals surface area contributed by atoms with Gasteiger partial charge >= 0.3 is 0 Å². The number of hydrogen-bond donors (Lipinski definition) is 0. The summed E-state index contributed by atoms with van der Waals surface area (Å²) in [4.78, 5) is 29.2. The minimum atomic E-state index is -0.573. The number of ether oxygens (including phenoxy) is 1. The highest BCUT2D eigenvalue weighted by molar-refractivity contribution is 6.04. The fourth-order valence-corrected chi connectivity index (χ4v) is 5.76. The molecule has 9 nitrogen and oxygen atoms in total. The van der Waals surface area contributed by atoms with E-state index in [9.17, 15) is 10.1 Å². The lowest BCUT2D eigenvalue weighted by molar-refractivity contribution is -0.142. The van der Waals surface area contributed by atoms with Gasteiger partial charge in [0, 0.05) is 45.5 Å². The van der Waals surface area contributed by atoms with Crippen molar-refractivity contribution in [2.75, 3.05) is 52.5 Å². The van der Waals surface area contributed by atoms with E-state index >= 15 is 0 Å². The second kappa shape index (κ2) is 9.34. The van der Waals surface area contributed by atoms with Crippen LogP contribution in [0, 0.1) is 11.3 Å². The van der Waals surface area contributed by atoms with E-state index in [1.54, 1.807) is 18.7 Å². The van der Waals surface area contributed by atoms with Gasteiger partial charge in [0.2, 0.25) is 0 Å². The maximum absolute atomic E-state index is 13.7. The van der Waals surface area contributed by atoms with Gasteiger partial charge in [-0.2, -0.15) is 5.26 Å². The monoisotopic (exact) mass is 477 g/mol. The topological polar surface area (TPSA) is 90.5 Å². The highest BCUT2D eigenvalue weighted by Crippen LogP contribution is 2.36. The van der Waals surface area contributed by atoms with Crippen LogP contribution in [0.3, 0.4) is 0 Å². The van der Waals surface area contributed by atoms with Crippen molar-refractivity contribution in [3.63, 3.8) is 0 Å². The number of imidazole rings is 1. The zero-order valence-electron chi connectivity index (χ0n) is 21.0. The van der Waals surface area contributed by atoms with Crippen LogP contribution in [0.5, 0.6) is 0 Å². The van der Waals surface area contributed by atoms with Crippen molar-refractivity contribution in [3.8, 4) is 6.07 Å². The number of piperazine rings is 1. The Hall–Kier alpha value is -2.80. The van der Waals surface area contributed by atoms with Gasteiger partial charge in [-0.25, -0.2) is 4.98 Å². The van der Waals surface area contributed by atoms with E-state index in [0.717, 1.165) is 69.7 Å². The molecular formula is C26H35N7O2. The fraction of sp³-hybridized carbons (Fsp3) is 0.615. The second-order valence-corrected chi connectivity index (χ2v) is 10.7. The van der Waals surface area contributed by atoms with Gasteiger partial charge in [0.1, 0.15) is 23.5 Å². The number of fused-ring (bicyclic) bond motifs is 1. The van der Waals surface area contributed by atoms with Gasteiger partial charge in [0.05, 0.1) is 41.7 Å². The van der Waals surface area contributed by atoms with Gasteiger partial charge in [0.25, 0.3) is 5.91 Å². The summed E-state index contributed by atoms with van der Waals surface area (Å²) in [7, 11) is 0. The third-order valence-electron chi connectivity index (χ3n) is 8.04. The van der Waals surface area contributed by atoms with Crippen molar-refractivity contribution in [1.82, 2.24) is 29.2 Å². The Morgan fingerprint density at radius 3 is 2.46 bits per heavy atom. The predicted octanol–water partition coefficient (Wildman–Crippen LogP) is 2.36. The van der Waals surface area contributed by atoms with Crippen LogP contribution in [0.2, 0.25) is 0 Å². The van der Waals surface area contributed by atoms with E-state index in [-0.39, 0.29) is 17.0 Å². The molecule has 2 aromatic rings. The van der Waals surface area contributed by atoms with Crippen molar-refractivity contribution < 1.29 is 9.53 Å². The number of carbonyl (C=O) groups excluding carboxylic acids is 1. The molecule has 3 fully saturated rings. The molecule has 0 unspecified atom stereocenters. The first-order valence-corrected chi connectivity index (χ1v) is 12.6. The minimum absolute atomic E-state index is 0.116. The molecular weight excluding hydrogens is 442 g/mol. The Morgan fingerprint density at radius 1 is 1.11 bits per heavy atom. The van der Waals surface area contributed by atoms with Crippen molar-refractivity contribution in [1.29, 1.82) is 5.26 Å². The van der Waals surface area contributed by atoms with Crippen molar-refractivity contribution in [3.05, 3.63) is 30.4 Å². The average Bonchev–Trinajstić information content (AvgIpc) is 3.29. The van der Waals surface area contributed by atoms with Crippen LogP contribution in [-0.4, -0.2) is 98.7 Å². The molecule has 35 heavy (non-hydrogen) atoms. The Kier molecular flexibility index (Phi) is 6.38. The number of likely N-dealkylation sites (tertiary alicyclic amines) is 1. The molecule has 0 N–H and O–H groups in total.